The van der Waals surface area contributed by atoms with Gasteiger partial charge in [-0.25, -0.2) is 9.97 Å². The van der Waals surface area contributed by atoms with E-state index in [1.807, 2.05) is 7.05 Å². The first-order valence-corrected chi connectivity index (χ1v) is 7.53. The molecular weight excluding hydrogens is 308 g/mol. The molecular formula is C13H19BrN4O. The van der Waals surface area contributed by atoms with E-state index < -0.39 is 0 Å². The Balaban J connectivity index is 1.94. The van der Waals surface area contributed by atoms with Crippen LogP contribution in [0.5, 0.6) is 0 Å². The maximum Gasteiger partial charge on any atom is 0.161 e. The highest BCUT2D eigenvalue weighted by Crippen LogP contribution is 2.44. The van der Waals surface area contributed by atoms with E-state index in [0.29, 0.717) is 5.92 Å². The van der Waals surface area contributed by atoms with E-state index in [-0.39, 0.29) is 6.10 Å². The van der Waals surface area contributed by atoms with Crippen molar-refractivity contribution < 1.29 is 4.74 Å². The van der Waals surface area contributed by atoms with Gasteiger partial charge in [0.2, 0.25) is 0 Å². The van der Waals surface area contributed by atoms with Gasteiger partial charge in [-0.05, 0) is 35.8 Å². The molecule has 2 heterocycles. The minimum atomic E-state index is -0.0172. The molecule has 6 heteroatoms. The van der Waals surface area contributed by atoms with E-state index >= 15 is 0 Å². The van der Waals surface area contributed by atoms with E-state index in [1.54, 1.807) is 0 Å². The Morgan fingerprint density at radius 2 is 2.16 bits per heavy atom. The summed E-state index contributed by atoms with van der Waals surface area (Å²) in [6, 6.07) is 0. The van der Waals surface area contributed by atoms with Crippen molar-refractivity contribution in [1.29, 1.82) is 0 Å². The second kappa shape index (κ2) is 5.34. The van der Waals surface area contributed by atoms with Crippen LogP contribution in [0.4, 0.5) is 5.82 Å². The largest absolute Gasteiger partial charge is 0.372 e. The second-order valence-electron chi connectivity index (χ2n) is 5.28. The van der Waals surface area contributed by atoms with Crippen molar-refractivity contribution in [2.24, 2.45) is 0 Å². The topological polar surface area (TPSA) is 50.3 Å². The fourth-order valence-corrected chi connectivity index (χ4v) is 3.05. The van der Waals surface area contributed by atoms with Crippen LogP contribution in [0.15, 0.2) is 4.47 Å². The number of ether oxygens (including phenoxy) is 1. The minimum absolute atomic E-state index is 0.0172. The Morgan fingerprint density at radius 1 is 1.37 bits per heavy atom. The normalized spacial score (nSPS) is 24.5. The Morgan fingerprint density at radius 3 is 2.79 bits per heavy atom. The minimum Gasteiger partial charge on any atom is -0.372 e. The number of aromatic nitrogens is 2. The first-order chi connectivity index (χ1) is 9.19. The monoisotopic (exact) mass is 326 g/mol. The fourth-order valence-electron chi connectivity index (χ4n) is 2.35. The molecule has 1 aliphatic heterocycles. The molecule has 0 aromatic carbocycles. The Hall–Kier alpha value is -0.720. The number of likely N-dealkylation sites (N-methyl/N-ethyl adjacent to an activating group) is 1. The predicted octanol–water partition coefficient (Wildman–Crippen LogP) is 2.16. The molecule has 0 spiro atoms. The lowest BCUT2D eigenvalue weighted by Gasteiger charge is -2.29. The SMILES string of the molecule is CNc1nc(C2CN(C)CCO2)nc(C2CC2)c1Br. The van der Waals surface area contributed by atoms with Gasteiger partial charge in [0, 0.05) is 26.1 Å². The number of hydrogen-bond donors (Lipinski definition) is 1. The molecule has 3 rings (SSSR count). The first kappa shape index (κ1) is 13.3. The Labute approximate surface area is 121 Å². The van der Waals surface area contributed by atoms with Gasteiger partial charge in [0.05, 0.1) is 16.8 Å². The zero-order valence-electron chi connectivity index (χ0n) is 11.3. The molecule has 1 unspecified atom stereocenters. The lowest BCUT2D eigenvalue weighted by molar-refractivity contribution is -0.0255. The third-order valence-electron chi connectivity index (χ3n) is 3.65. The van der Waals surface area contributed by atoms with Crippen LogP contribution >= 0.6 is 15.9 Å². The van der Waals surface area contributed by atoms with Crippen molar-refractivity contribution in [2.45, 2.75) is 24.9 Å². The van der Waals surface area contributed by atoms with Crippen LogP contribution in [0.25, 0.3) is 0 Å². The molecule has 1 N–H and O–H groups in total. The van der Waals surface area contributed by atoms with E-state index in [2.05, 4.69) is 38.2 Å². The summed E-state index contributed by atoms with van der Waals surface area (Å²) in [6.07, 6.45) is 2.43. The number of morpholine rings is 1. The number of anilines is 1. The molecule has 1 atom stereocenters. The van der Waals surface area contributed by atoms with Crippen molar-refractivity contribution in [1.82, 2.24) is 14.9 Å². The smallest absolute Gasteiger partial charge is 0.161 e. The highest BCUT2D eigenvalue weighted by atomic mass is 79.9. The van der Waals surface area contributed by atoms with Gasteiger partial charge in [0.25, 0.3) is 0 Å². The van der Waals surface area contributed by atoms with Gasteiger partial charge in [-0.2, -0.15) is 0 Å². The molecule has 1 saturated carbocycles. The van der Waals surface area contributed by atoms with Crippen LogP contribution < -0.4 is 5.32 Å². The summed E-state index contributed by atoms with van der Waals surface area (Å²) >= 11 is 3.61. The standard InChI is InChI=1S/C13H19BrN4O/c1-15-13-10(14)11(8-3-4-8)16-12(17-13)9-7-18(2)5-6-19-9/h8-9H,3-7H2,1-2H3,(H,15,16,17). The molecule has 1 aromatic heterocycles. The molecule has 0 amide bonds. The van der Waals surface area contributed by atoms with E-state index in [9.17, 15) is 0 Å². The molecule has 1 saturated heterocycles. The average molecular weight is 327 g/mol. The summed E-state index contributed by atoms with van der Waals surface area (Å²) in [5.41, 5.74) is 1.13. The van der Waals surface area contributed by atoms with E-state index in [1.165, 1.54) is 12.8 Å². The van der Waals surface area contributed by atoms with Crippen LogP contribution in [-0.2, 0) is 4.74 Å². The predicted molar refractivity (Wildman–Crippen MR) is 77.4 cm³/mol. The number of hydrogen-bond acceptors (Lipinski definition) is 5. The number of rotatable bonds is 3. The van der Waals surface area contributed by atoms with Gasteiger partial charge in [0.15, 0.2) is 5.82 Å². The van der Waals surface area contributed by atoms with Gasteiger partial charge < -0.3 is 15.0 Å². The Kier molecular flexibility index (Phi) is 3.73. The van der Waals surface area contributed by atoms with Crippen LogP contribution in [0.1, 0.15) is 36.4 Å². The molecule has 2 aliphatic rings. The highest BCUT2D eigenvalue weighted by Gasteiger charge is 2.31. The zero-order valence-corrected chi connectivity index (χ0v) is 12.9. The lowest BCUT2D eigenvalue weighted by atomic mass is 10.2. The molecule has 1 aromatic rings. The van der Waals surface area contributed by atoms with Crippen molar-refractivity contribution in [3.63, 3.8) is 0 Å². The average Bonchev–Trinajstić information content (AvgIpc) is 3.23. The van der Waals surface area contributed by atoms with E-state index in [0.717, 1.165) is 41.5 Å². The molecule has 5 nitrogen and oxygen atoms in total. The van der Waals surface area contributed by atoms with Crippen molar-refractivity contribution in [3.05, 3.63) is 16.0 Å². The van der Waals surface area contributed by atoms with Gasteiger partial charge in [-0.1, -0.05) is 0 Å². The maximum absolute atomic E-state index is 5.82. The Bertz CT molecular complexity index is 478. The molecule has 19 heavy (non-hydrogen) atoms. The highest BCUT2D eigenvalue weighted by molar-refractivity contribution is 9.10. The quantitative estimate of drug-likeness (QED) is 0.922. The van der Waals surface area contributed by atoms with E-state index in [4.69, 9.17) is 9.72 Å². The summed E-state index contributed by atoms with van der Waals surface area (Å²) in [5, 5.41) is 3.14. The zero-order chi connectivity index (χ0) is 13.4. The van der Waals surface area contributed by atoms with Crippen molar-refractivity contribution >= 4 is 21.7 Å². The molecule has 1 aliphatic carbocycles. The van der Waals surface area contributed by atoms with Crippen LogP contribution in [0, 0.1) is 0 Å². The first-order valence-electron chi connectivity index (χ1n) is 6.74. The van der Waals surface area contributed by atoms with Crippen molar-refractivity contribution in [3.8, 4) is 0 Å². The summed E-state index contributed by atoms with van der Waals surface area (Å²) in [5.74, 6) is 2.26. The third kappa shape index (κ3) is 2.75. The number of nitrogens with one attached hydrogen (secondary N) is 1. The molecule has 0 bridgehead atoms. The molecule has 104 valence electrons. The summed E-state index contributed by atoms with van der Waals surface area (Å²) in [7, 11) is 4.00. The van der Waals surface area contributed by atoms with Crippen molar-refractivity contribution in [2.75, 3.05) is 39.1 Å². The third-order valence-corrected chi connectivity index (χ3v) is 4.43. The number of nitrogens with zero attached hydrogens (tertiary/aromatic N) is 3. The maximum atomic E-state index is 5.82. The number of halogens is 1. The van der Waals surface area contributed by atoms with Crippen LogP contribution in [0.3, 0.4) is 0 Å². The van der Waals surface area contributed by atoms with Gasteiger partial charge in [-0.3, -0.25) is 0 Å². The fraction of sp³-hybridized carbons (Fsp3) is 0.692. The second-order valence-corrected chi connectivity index (χ2v) is 6.07. The van der Waals surface area contributed by atoms with Gasteiger partial charge in [-0.15, -0.1) is 0 Å². The van der Waals surface area contributed by atoms with Crippen LogP contribution in [0.2, 0.25) is 0 Å². The van der Waals surface area contributed by atoms with Gasteiger partial charge >= 0.3 is 0 Å². The summed E-state index contributed by atoms with van der Waals surface area (Å²) < 4.78 is 6.82. The molecule has 2 fully saturated rings. The summed E-state index contributed by atoms with van der Waals surface area (Å²) in [4.78, 5) is 11.6. The molecule has 0 radical (unpaired) electrons. The van der Waals surface area contributed by atoms with Crippen LogP contribution in [-0.4, -0.2) is 48.7 Å². The summed E-state index contributed by atoms with van der Waals surface area (Å²) in [6.45, 7) is 2.57. The van der Waals surface area contributed by atoms with Gasteiger partial charge in [0.1, 0.15) is 11.9 Å². The lowest BCUT2D eigenvalue weighted by Crippen LogP contribution is -2.36.